The monoisotopic (exact) mass is 322 g/mol. The van der Waals surface area contributed by atoms with Gasteiger partial charge in [-0.15, -0.1) is 5.10 Å². The molecule has 130 valence electrons. The number of hydrogen-bond acceptors (Lipinski definition) is 5. The van der Waals surface area contributed by atoms with Crippen LogP contribution in [0.2, 0.25) is 0 Å². The topological polar surface area (TPSA) is 75.1 Å². The lowest BCUT2D eigenvalue weighted by atomic mass is 10.1. The minimum absolute atomic E-state index is 0.116. The molecule has 0 spiro atoms. The Hall–Kier alpha value is -1.47. The van der Waals surface area contributed by atoms with Crippen molar-refractivity contribution in [3.63, 3.8) is 0 Å². The van der Waals surface area contributed by atoms with E-state index in [0.717, 1.165) is 57.7 Å². The van der Waals surface area contributed by atoms with Crippen molar-refractivity contribution in [2.24, 2.45) is 0 Å². The zero-order valence-corrected chi connectivity index (χ0v) is 14.6. The lowest BCUT2D eigenvalue weighted by Gasteiger charge is -2.23. The second kappa shape index (κ2) is 8.98. The largest absolute Gasteiger partial charge is 0.349 e. The van der Waals surface area contributed by atoms with Gasteiger partial charge < -0.3 is 15.5 Å². The molecule has 1 saturated heterocycles. The van der Waals surface area contributed by atoms with Gasteiger partial charge in [0.05, 0.1) is 11.7 Å². The first-order valence-electron chi connectivity index (χ1n) is 8.80. The molecule has 0 saturated carbocycles. The van der Waals surface area contributed by atoms with Crippen LogP contribution in [-0.4, -0.2) is 65.1 Å². The summed E-state index contributed by atoms with van der Waals surface area (Å²) in [5.74, 6) is -0.116. The predicted octanol–water partition coefficient (Wildman–Crippen LogP) is 0.973. The summed E-state index contributed by atoms with van der Waals surface area (Å²) in [6, 6.07) is 0.352. The minimum atomic E-state index is -0.116. The molecule has 0 aromatic carbocycles. The number of aromatic nitrogens is 3. The van der Waals surface area contributed by atoms with Crippen LogP contribution in [0.1, 0.15) is 55.3 Å². The van der Waals surface area contributed by atoms with E-state index in [1.165, 1.54) is 0 Å². The number of piperidine rings is 1. The van der Waals surface area contributed by atoms with Crippen molar-refractivity contribution in [1.82, 2.24) is 30.5 Å². The lowest BCUT2D eigenvalue weighted by Crippen LogP contribution is -2.35. The molecular formula is C16H30N6O. The molecule has 0 radical (unpaired) electrons. The lowest BCUT2D eigenvalue weighted by molar-refractivity contribution is 0.0943. The molecule has 2 N–H and O–H groups in total. The first-order valence-corrected chi connectivity index (χ1v) is 8.80. The first kappa shape index (κ1) is 17.9. The van der Waals surface area contributed by atoms with Crippen molar-refractivity contribution in [2.75, 3.05) is 39.3 Å². The molecule has 1 aromatic rings. The number of nitrogens with zero attached hydrogens (tertiary/aromatic N) is 4. The van der Waals surface area contributed by atoms with Crippen LogP contribution in [0, 0.1) is 6.92 Å². The van der Waals surface area contributed by atoms with Crippen LogP contribution in [0.15, 0.2) is 0 Å². The number of carbonyl (C=O) groups is 1. The molecule has 23 heavy (non-hydrogen) atoms. The van der Waals surface area contributed by atoms with Gasteiger partial charge in [0.2, 0.25) is 0 Å². The van der Waals surface area contributed by atoms with E-state index in [4.69, 9.17) is 0 Å². The Morgan fingerprint density at radius 2 is 2.09 bits per heavy atom. The highest BCUT2D eigenvalue weighted by Gasteiger charge is 2.22. The standard InChI is InChI=1S/C16H30N6O/c1-4-11-21(5-2)12-10-18-16(23)15-13(3)22(20-19-15)14-6-8-17-9-7-14/h14,17H,4-12H2,1-3H3,(H,18,23). The summed E-state index contributed by atoms with van der Waals surface area (Å²) >= 11 is 0. The van der Waals surface area contributed by atoms with E-state index in [9.17, 15) is 4.79 Å². The summed E-state index contributed by atoms with van der Waals surface area (Å²) in [4.78, 5) is 14.7. The third-order valence-corrected chi connectivity index (χ3v) is 4.50. The quantitative estimate of drug-likeness (QED) is 0.746. The Morgan fingerprint density at radius 1 is 1.35 bits per heavy atom. The van der Waals surface area contributed by atoms with Crippen molar-refractivity contribution in [2.45, 2.75) is 46.1 Å². The molecule has 2 heterocycles. The van der Waals surface area contributed by atoms with Crippen molar-refractivity contribution in [3.8, 4) is 0 Å². The highest BCUT2D eigenvalue weighted by atomic mass is 16.2. The van der Waals surface area contributed by atoms with E-state index in [-0.39, 0.29) is 5.91 Å². The zero-order chi connectivity index (χ0) is 16.7. The average molecular weight is 322 g/mol. The van der Waals surface area contributed by atoms with Crippen molar-refractivity contribution >= 4 is 5.91 Å². The minimum Gasteiger partial charge on any atom is -0.349 e. The number of carbonyl (C=O) groups excluding carboxylic acids is 1. The van der Waals surface area contributed by atoms with Crippen molar-refractivity contribution in [3.05, 3.63) is 11.4 Å². The molecule has 1 aromatic heterocycles. The van der Waals surface area contributed by atoms with Crippen LogP contribution >= 0.6 is 0 Å². The van der Waals surface area contributed by atoms with Gasteiger partial charge in [-0.2, -0.15) is 0 Å². The molecule has 2 rings (SSSR count). The Labute approximate surface area is 138 Å². The van der Waals surface area contributed by atoms with E-state index >= 15 is 0 Å². The molecule has 0 atom stereocenters. The molecule has 0 aliphatic carbocycles. The normalized spacial score (nSPS) is 16.0. The molecule has 1 fully saturated rings. The van der Waals surface area contributed by atoms with Crippen LogP contribution in [0.5, 0.6) is 0 Å². The average Bonchev–Trinajstić information content (AvgIpc) is 2.96. The predicted molar refractivity (Wildman–Crippen MR) is 90.6 cm³/mol. The second-order valence-corrected chi connectivity index (χ2v) is 6.14. The highest BCUT2D eigenvalue weighted by Crippen LogP contribution is 2.20. The van der Waals surface area contributed by atoms with Crippen LogP contribution in [0.3, 0.4) is 0 Å². The van der Waals surface area contributed by atoms with E-state index in [2.05, 4.69) is 39.7 Å². The Balaban J connectivity index is 1.88. The van der Waals surface area contributed by atoms with Crippen LogP contribution in [0.4, 0.5) is 0 Å². The summed E-state index contributed by atoms with van der Waals surface area (Å²) < 4.78 is 1.92. The molecule has 7 heteroatoms. The van der Waals surface area contributed by atoms with Gasteiger partial charge in [-0.1, -0.05) is 19.1 Å². The molecule has 0 bridgehead atoms. The van der Waals surface area contributed by atoms with Gasteiger partial charge in [-0.25, -0.2) is 4.68 Å². The van der Waals surface area contributed by atoms with Crippen molar-refractivity contribution < 1.29 is 4.79 Å². The highest BCUT2D eigenvalue weighted by molar-refractivity contribution is 5.93. The van der Waals surface area contributed by atoms with E-state index in [1.807, 2.05) is 11.6 Å². The van der Waals surface area contributed by atoms with Gasteiger partial charge in [0.15, 0.2) is 5.69 Å². The van der Waals surface area contributed by atoms with Crippen LogP contribution in [-0.2, 0) is 0 Å². The van der Waals surface area contributed by atoms with E-state index in [0.29, 0.717) is 18.3 Å². The number of nitrogens with one attached hydrogen (secondary N) is 2. The number of likely N-dealkylation sites (N-methyl/N-ethyl adjacent to an activating group) is 1. The third kappa shape index (κ3) is 4.75. The number of amides is 1. The first-order chi connectivity index (χ1) is 11.2. The molecule has 7 nitrogen and oxygen atoms in total. The summed E-state index contributed by atoms with van der Waals surface area (Å²) in [7, 11) is 0. The van der Waals surface area contributed by atoms with E-state index in [1.54, 1.807) is 0 Å². The second-order valence-electron chi connectivity index (χ2n) is 6.14. The smallest absolute Gasteiger partial charge is 0.273 e. The molecular weight excluding hydrogens is 292 g/mol. The third-order valence-electron chi connectivity index (χ3n) is 4.50. The molecule has 0 unspecified atom stereocenters. The van der Waals surface area contributed by atoms with Gasteiger partial charge in [-0.3, -0.25) is 4.79 Å². The van der Waals surface area contributed by atoms with Gasteiger partial charge in [-0.05, 0) is 52.4 Å². The van der Waals surface area contributed by atoms with Crippen LogP contribution in [0.25, 0.3) is 0 Å². The van der Waals surface area contributed by atoms with Crippen LogP contribution < -0.4 is 10.6 Å². The SMILES string of the molecule is CCCN(CC)CCNC(=O)c1nnn(C2CCNCC2)c1C. The fourth-order valence-electron chi connectivity index (χ4n) is 3.10. The van der Waals surface area contributed by atoms with Gasteiger partial charge in [0.1, 0.15) is 0 Å². The maximum absolute atomic E-state index is 12.3. The number of hydrogen-bond donors (Lipinski definition) is 2. The summed E-state index contributed by atoms with van der Waals surface area (Å²) in [6.07, 6.45) is 3.20. The maximum atomic E-state index is 12.3. The summed E-state index contributed by atoms with van der Waals surface area (Å²) in [5, 5.41) is 14.6. The maximum Gasteiger partial charge on any atom is 0.273 e. The molecule has 1 aliphatic rings. The summed E-state index contributed by atoms with van der Waals surface area (Å²) in [6.45, 7) is 11.8. The van der Waals surface area contributed by atoms with Gasteiger partial charge >= 0.3 is 0 Å². The van der Waals surface area contributed by atoms with E-state index < -0.39 is 0 Å². The fraction of sp³-hybridized carbons (Fsp3) is 0.812. The summed E-state index contributed by atoms with van der Waals surface area (Å²) in [5.41, 5.74) is 1.33. The van der Waals surface area contributed by atoms with Gasteiger partial charge in [0.25, 0.3) is 5.91 Å². The Bertz CT molecular complexity index is 495. The van der Waals surface area contributed by atoms with Gasteiger partial charge in [0, 0.05) is 13.1 Å². The zero-order valence-electron chi connectivity index (χ0n) is 14.6. The van der Waals surface area contributed by atoms with Crippen molar-refractivity contribution in [1.29, 1.82) is 0 Å². The molecule has 1 amide bonds. The fourth-order valence-corrected chi connectivity index (χ4v) is 3.10. The Morgan fingerprint density at radius 3 is 2.74 bits per heavy atom. The molecule has 1 aliphatic heterocycles. The number of rotatable bonds is 8. The Kier molecular flexibility index (Phi) is 6.98.